The molecule has 2 aliphatic rings. The first kappa shape index (κ1) is 22.8. The molecule has 1 aromatic heterocycles. The molecule has 6 N–H and O–H groups in total. The number of benzene rings is 1. The first-order chi connectivity index (χ1) is 15.9. The van der Waals surface area contributed by atoms with Crippen LogP contribution in [0.25, 0.3) is 0 Å². The molecule has 1 saturated heterocycles. The predicted octanol–water partition coefficient (Wildman–Crippen LogP) is 0.473. The number of nitrogens with zero attached hydrogens (tertiary/aromatic N) is 3. The molecular weight excluding hydrogens is 468 g/mol. The van der Waals surface area contributed by atoms with Crippen LogP contribution in [0.1, 0.15) is 16.8 Å². The van der Waals surface area contributed by atoms with Crippen LogP contribution >= 0.6 is 23.1 Å². The highest BCUT2D eigenvalue weighted by Gasteiger charge is 2.53. The van der Waals surface area contributed by atoms with E-state index in [1.807, 2.05) is 24.3 Å². The van der Waals surface area contributed by atoms with Crippen LogP contribution in [0.15, 0.2) is 46.6 Å². The van der Waals surface area contributed by atoms with Crippen LogP contribution in [0.4, 0.5) is 5.13 Å². The van der Waals surface area contributed by atoms with Crippen LogP contribution in [0, 0.1) is 0 Å². The Morgan fingerprint density at radius 2 is 2.03 bits per heavy atom. The van der Waals surface area contributed by atoms with Crippen molar-refractivity contribution in [1.29, 1.82) is 0 Å². The molecule has 33 heavy (non-hydrogen) atoms. The average molecular weight is 489 g/mol. The zero-order valence-electron chi connectivity index (χ0n) is 17.1. The van der Waals surface area contributed by atoms with Gasteiger partial charge in [0, 0.05) is 17.7 Å². The molecule has 0 bridgehead atoms. The molecule has 4 rings (SSSR count). The molecule has 2 amide bonds. The predicted molar refractivity (Wildman–Crippen MR) is 123 cm³/mol. The summed E-state index contributed by atoms with van der Waals surface area (Å²) in [5.74, 6) is -1.96. The number of nitrogens with one attached hydrogen (secondary N) is 1. The number of hydrogen-bond acceptors (Lipinski definition) is 10. The van der Waals surface area contributed by atoms with Crippen LogP contribution < -0.4 is 16.8 Å². The molecule has 13 heteroatoms. The van der Waals surface area contributed by atoms with Crippen LogP contribution in [0.2, 0.25) is 0 Å². The second-order valence-electron chi connectivity index (χ2n) is 7.08. The van der Waals surface area contributed by atoms with E-state index < -0.39 is 29.2 Å². The fourth-order valence-corrected chi connectivity index (χ4v) is 5.03. The van der Waals surface area contributed by atoms with Crippen LogP contribution in [0.5, 0.6) is 0 Å². The van der Waals surface area contributed by atoms with Gasteiger partial charge in [-0.25, -0.2) is 9.78 Å². The number of oxime groups is 1. The van der Waals surface area contributed by atoms with Crippen molar-refractivity contribution in [3.8, 4) is 0 Å². The topological polar surface area (TPSA) is 173 Å². The van der Waals surface area contributed by atoms with E-state index in [0.717, 1.165) is 22.5 Å². The maximum Gasteiger partial charge on any atom is 0.352 e. The average Bonchev–Trinajstić information content (AvgIpc) is 3.25. The molecule has 1 unspecified atom stereocenters. The minimum atomic E-state index is -1.19. The van der Waals surface area contributed by atoms with Gasteiger partial charge < -0.3 is 26.7 Å². The Balaban J connectivity index is 1.47. The van der Waals surface area contributed by atoms with Gasteiger partial charge in [-0.15, -0.1) is 23.1 Å². The summed E-state index contributed by atoms with van der Waals surface area (Å²) in [5.41, 5.74) is 13.1. The second kappa shape index (κ2) is 9.60. The van der Waals surface area contributed by atoms with Gasteiger partial charge in [0.1, 0.15) is 29.4 Å². The monoisotopic (exact) mass is 488 g/mol. The summed E-state index contributed by atoms with van der Waals surface area (Å²) in [6.45, 7) is 0.526. The summed E-state index contributed by atoms with van der Waals surface area (Å²) in [4.78, 5) is 47.5. The number of β-lactam (4-membered cyclic amide) rings is 1. The molecule has 2 atom stereocenters. The Labute approximate surface area is 196 Å². The number of thioether (sulfide) groups is 1. The van der Waals surface area contributed by atoms with Gasteiger partial charge in [-0.2, -0.15) is 0 Å². The molecule has 1 aromatic carbocycles. The third-order valence-electron chi connectivity index (χ3n) is 4.98. The van der Waals surface area contributed by atoms with Crippen LogP contribution in [0.3, 0.4) is 0 Å². The number of thiazole rings is 1. The molecule has 0 spiro atoms. The second-order valence-corrected chi connectivity index (χ2v) is 9.12. The van der Waals surface area contributed by atoms with E-state index in [2.05, 4.69) is 15.5 Å². The van der Waals surface area contributed by atoms with Crippen molar-refractivity contribution in [1.82, 2.24) is 15.2 Å². The third kappa shape index (κ3) is 4.69. The lowest BCUT2D eigenvalue weighted by atomic mass is 10.0. The van der Waals surface area contributed by atoms with E-state index in [1.54, 1.807) is 5.38 Å². The minimum Gasteiger partial charge on any atom is -0.477 e. The van der Waals surface area contributed by atoms with Crippen molar-refractivity contribution in [2.24, 2.45) is 10.9 Å². The Morgan fingerprint density at radius 3 is 2.67 bits per heavy atom. The molecule has 172 valence electrons. The number of carboxylic acids is 1. The van der Waals surface area contributed by atoms with E-state index in [-0.39, 0.29) is 28.8 Å². The highest BCUT2D eigenvalue weighted by molar-refractivity contribution is 8.00. The van der Waals surface area contributed by atoms with Crippen molar-refractivity contribution < 1.29 is 24.3 Å². The molecule has 2 aliphatic heterocycles. The Hall–Kier alpha value is -3.42. The SMILES string of the molecule is NCc1ccc(CO/N=C(\C(=O)NC2C(=O)N3C(C(=O)O)=CCS[C@@H]23)c2csc(N)n2)cc1. The highest BCUT2D eigenvalue weighted by Crippen LogP contribution is 2.37. The number of hydrogen-bond donors (Lipinski definition) is 4. The number of aliphatic carboxylic acids is 1. The molecule has 11 nitrogen and oxygen atoms in total. The Kier molecular flexibility index (Phi) is 6.62. The quantitative estimate of drug-likeness (QED) is 0.234. The molecule has 3 heterocycles. The Morgan fingerprint density at radius 1 is 1.30 bits per heavy atom. The van der Waals surface area contributed by atoms with Gasteiger partial charge in [-0.3, -0.25) is 14.5 Å². The highest BCUT2D eigenvalue weighted by atomic mass is 32.2. The summed E-state index contributed by atoms with van der Waals surface area (Å²) in [5, 5.41) is 17.2. The number of aromatic nitrogens is 1. The molecule has 0 radical (unpaired) electrons. The standard InChI is InChI=1S/C20H20N6O5S2/c21-7-10-1-3-11(4-2-10)8-31-25-14(12-9-33-20(22)23-12)16(27)24-15-17(28)26-13(19(29)30)5-6-32-18(15)26/h1-5,9,15,18H,6-8,21H2,(H2,22,23)(H,24,27)(H,29,30)/b25-14-/t15?,18-/m0/s1. The lowest BCUT2D eigenvalue weighted by Crippen LogP contribution is -2.70. The molecule has 0 aliphatic carbocycles. The van der Waals surface area contributed by atoms with Gasteiger partial charge in [0.25, 0.3) is 11.8 Å². The summed E-state index contributed by atoms with van der Waals surface area (Å²) >= 11 is 2.49. The molecule has 0 saturated carbocycles. The van der Waals surface area contributed by atoms with Gasteiger partial charge in [-0.05, 0) is 17.2 Å². The number of nitrogen functional groups attached to an aromatic ring is 1. The largest absolute Gasteiger partial charge is 0.477 e. The number of carboxylic acid groups (broad SMARTS) is 1. The fourth-order valence-electron chi connectivity index (χ4n) is 3.29. The molecular formula is C20H20N6O5S2. The first-order valence-electron chi connectivity index (χ1n) is 9.77. The number of carbonyl (C=O) groups is 3. The molecule has 1 fully saturated rings. The van der Waals surface area contributed by atoms with Gasteiger partial charge in [0.2, 0.25) is 0 Å². The lowest BCUT2D eigenvalue weighted by Gasteiger charge is -2.48. The maximum absolute atomic E-state index is 13.0. The van der Waals surface area contributed by atoms with Crippen molar-refractivity contribution in [3.63, 3.8) is 0 Å². The zero-order chi connectivity index (χ0) is 23.5. The van der Waals surface area contributed by atoms with E-state index in [4.69, 9.17) is 16.3 Å². The first-order valence-corrected chi connectivity index (χ1v) is 11.7. The smallest absolute Gasteiger partial charge is 0.352 e. The number of nitrogens with two attached hydrogens (primary N) is 2. The van der Waals surface area contributed by atoms with E-state index in [0.29, 0.717) is 12.3 Å². The van der Waals surface area contributed by atoms with Crippen molar-refractivity contribution in [3.05, 3.63) is 58.2 Å². The fraction of sp³-hybridized carbons (Fsp3) is 0.250. The van der Waals surface area contributed by atoms with E-state index in [9.17, 15) is 19.5 Å². The van der Waals surface area contributed by atoms with E-state index >= 15 is 0 Å². The summed E-state index contributed by atoms with van der Waals surface area (Å²) in [6.07, 6.45) is 1.47. The Bertz CT molecular complexity index is 1150. The zero-order valence-corrected chi connectivity index (χ0v) is 18.8. The number of carbonyl (C=O) groups excluding carboxylic acids is 2. The van der Waals surface area contributed by atoms with Crippen LogP contribution in [-0.4, -0.2) is 55.7 Å². The van der Waals surface area contributed by atoms with Crippen molar-refractivity contribution in [2.75, 3.05) is 11.5 Å². The maximum atomic E-state index is 13.0. The third-order valence-corrected chi connectivity index (χ3v) is 6.83. The normalized spacial score (nSPS) is 19.9. The van der Waals surface area contributed by atoms with Crippen molar-refractivity contribution >= 4 is 51.7 Å². The van der Waals surface area contributed by atoms with Gasteiger partial charge in [-0.1, -0.05) is 29.4 Å². The van der Waals surface area contributed by atoms with E-state index in [1.165, 1.54) is 22.7 Å². The van der Waals surface area contributed by atoms with Gasteiger partial charge >= 0.3 is 5.97 Å². The number of anilines is 1. The number of rotatable bonds is 8. The number of fused-ring (bicyclic) bond motifs is 1. The molecule has 2 aromatic rings. The summed E-state index contributed by atoms with van der Waals surface area (Å²) in [7, 11) is 0. The lowest BCUT2D eigenvalue weighted by molar-refractivity contribution is -0.150. The summed E-state index contributed by atoms with van der Waals surface area (Å²) < 4.78 is 0. The van der Waals surface area contributed by atoms with Crippen molar-refractivity contribution in [2.45, 2.75) is 24.6 Å². The number of amides is 2. The minimum absolute atomic E-state index is 0.0839. The van der Waals surface area contributed by atoms with Crippen LogP contribution in [-0.2, 0) is 32.4 Å². The van der Waals surface area contributed by atoms with Gasteiger partial charge in [0.15, 0.2) is 10.8 Å². The summed E-state index contributed by atoms with van der Waals surface area (Å²) in [6, 6.07) is 6.52. The van der Waals surface area contributed by atoms with Gasteiger partial charge in [0.05, 0.1) is 0 Å².